The van der Waals surface area contributed by atoms with Crippen LogP contribution < -0.4 is 4.74 Å². The first-order valence-electron chi connectivity index (χ1n) is 6.06. The van der Waals surface area contributed by atoms with Crippen LogP contribution >= 0.6 is 23.1 Å². The summed E-state index contributed by atoms with van der Waals surface area (Å²) in [5.41, 5.74) is 1.64. The molecule has 4 nitrogen and oxygen atoms in total. The molecule has 0 aliphatic heterocycles. The molecule has 0 amide bonds. The minimum Gasteiger partial charge on any atom is -0.497 e. The van der Waals surface area contributed by atoms with Gasteiger partial charge in [0.25, 0.3) is 0 Å². The van der Waals surface area contributed by atoms with Crippen molar-refractivity contribution in [2.75, 3.05) is 14.2 Å². The van der Waals surface area contributed by atoms with Crippen LogP contribution in [0.2, 0.25) is 0 Å². The Morgan fingerprint density at radius 3 is 2.62 bits per heavy atom. The number of ether oxygens (including phenoxy) is 2. The lowest BCUT2D eigenvalue weighted by Gasteiger charge is -2.02. The second-order valence-corrected chi connectivity index (χ2v) is 6.35. The molecule has 0 spiro atoms. The summed E-state index contributed by atoms with van der Waals surface area (Å²) in [4.78, 5) is 11.9. The number of carbonyl (C=O) groups excluding carboxylic acids is 1. The van der Waals surface area contributed by atoms with Gasteiger partial charge >= 0.3 is 5.97 Å². The molecule has 21 heavy (non-hydrogen) atoms. The molecule has 2 rings (SSSR count). The Kier molecular flexibility index (Phi) is 5.26. The van der Waals surface area contributed by atoms with Gasteiger partial charge < -0.3 is 9.47 Å². The highest BCUT2D eigenvalue weighted by Crippen LogP contribution is 2.34. The van der Waals surface area contributed by atoms with Gasteiger partial charge in [-0.2, -0.15) is 5.26 Å². The number of benzene rings is 1. The number of esters is 1. The van der Waals surface area contributed by atoms with Gasteiger partial charge in [-0.15, -0.1) is 23.1 Å². The molecule has 6 heteroatoms. The van der Waals surface area contributed by atoms with Crippen molar-refractivity contribution in [1.82, 2.24) is 0 Å². The van der Waals surface area contributed by atoms with E-state index in [-0.39, 0.29) is 0 Å². The highest BCUT2D eigenvalue weighted by Gasteiger charge is 2.15. The van der Waals surface area contributed by atoms with Crippen molar-refractivity contribution in [3.63, 3.8) is 0 Å². The van der Waals surface area contributed by atoms with Crippen molar-refractivity contribution in [3.05, 3.63) is 46.3 Å². The van der Waals surface area contributed by atoms with Gasteiger partial charge in [-0.3, -0.25) is 0 Å². The number of thioether (sulfide) groups is 1. The highest BCUT2D eigenvalue weighted by atomic mass is 32.2. The average molecular weight is 319 g/mol. The van der Waals surface area contributed by atoms with Crippen LogP contribution in [0.3, 0.4) is 0 Å². The molecular weight excluding hydrogens is 306 g/mol. The van der Waals surface area contributed by atoms with E-state index in [1.165, 1.54) is 30.2 Å². The molecule has 108 valence electrons. The zero-order valence-corrected chi connectivity index (χ0v) is 13.2. The molecule has 0 aliphatic carbocycles. The Morgan fingerprint density at radius 2 is 2.05 bits per heavy atom. The van der Waals surface area contributed by atoms with E-state index < -0.39 is 5.97 Å². The van der Waals surface area contributed by atoms with Gasteiger partial charge in [-0.05, 0) is 23.8 Å². The van der Waals surface area contributed by atoms with Crippen LogP contribution in [-0.2, 0) is 10.5 Å². The average Bonchev–Trinajstić information content (AvgIpc) is 2.96. The van der Waals surface area contributed by atoms with Gasteiger partial charge in [0, 0.05) is 5.75 Å². The molecule has 0 saturated heterocycles. The normalized spacial score (nSPS) is 9.95. The Bertz CT molecular complexity index is 671. The monoisotopic (exact) mass is 319 g/mol. The maximum atomic E-state index is 11.5. The molecule has 0 bridgehead atoms. The summed E-state index contributed by atoms with van der Waals surface area (Å²) in [5, 5.41) is 9.13. The fourth-order valence-electron chi connectivity index (χ4n) is 1.63. The maximum Gasteiger partial charge on any atom is 0.348 e. The molecule has 0 atom stereocenters. The summed E-state index contributed by atoms with van der Waals surface area (Å²) in [6, 6.07) is 11.4. The smallest absolute Gasteiger partial charge is 0.348 e. The van der Waals surface area contributed by atoms with E-state index in [9.17, 15) is 4.79 Å². The fraction of sp³-hybridized carbons (Fsp3) is 0.200. The number of hydrogen-bond acceptors (Lipinski definition) is 6. The Balaban J connectivity index is 2.10. The van der Waals surface area contributed by atoms with E-state index in [0.717, 1.165) is 21.3 Å². The molecular formula is C15H13NO3S2. The minimum atomic E-state index is -0.409. The van der Waals surface area contributed by atoms with Crippen molar-refractivity contribution in [1.29, 1.82) is 5.26 Å². The molecule has 0 saturated carbocycles. The Labute approximate surface area is 131 Å². The molecule has 0 fully saturated rings. The third kappa shape index (κ3) is 3.78. The lowest BCUT2D eigenvalue weighted by molar-refractivity contribution is 0.0606. The van der Waals surface area contributed by atoms with Crippen LogP contribution in [-0.4, -0.2) is 20.2 Å². The van der Waals surface area contributed by atoms with Gasteiger partial charge in [0.05, 0.1) is 24.0 Å². The van der Waals surface area contributed by atoms with Crippen molar-refractivity contribution in [3.8, 4) is 11.8 Å². The first-order chi connectivity index (χ1) is 10.2. The van der Waals surface area contributed by atoms with Crippen LogP contribution in [0.4, 0.5) is 0 Å². The largest absolute Gasteiger partial charge is 0.497 e. The Hall–Kier alpha value is -1.97. The quantitative estimate of drug-likeness (QED) is 0.621. The van der Waals surface area contributed by atoms with Crippen molar-refractivity contribution in [2.24, 2.45) is 0 Å². The fourth-order valence-corrected chi connectivity index (χ4v) is 3.82. The topological polar surface area (TPSA) is 59.3 Å². The third-order valence-corrected chi connectivity index (χ3v) is 5.21. The summed E-state index contributed by atoms with van der Waals surface area (Å²) in [5.74, 6) is 1.12. The summed E-state index contributed by atoms with van der Waals surface area (Å²) >= 11 is 2.82. The van der Waals surface area contributed by atoms with Crippen LogP contribution in [0, 0.1) is 11.3 Å². The Morgan fingerprint density at radius 1 is 1.33 bits per heavy atom. The number of thiophene rings is 1. The summed E-state index contributed by atoms with van der Waals surface area (Å²) < 4.78 is 10.6. The molecule has 1 heterocycles. The summed E-state index contributed by atoms with van der Waals surface area (Å²) in [7, 11) is 2.96. The molecule has 0 radical (unpaired) electrons. The van der Waals surface area contributed by atoms with Crippen molar-refractivity contribution >= 4 is 29.1 Å². The van der Waals surface area contributed by atoms with E-state index in [0.29, 0.717) is 10.4 Å². The number of nitriles is 1. The first kappa shape index (κ1) is 15.4. The molecule has 0 aliphatic rings. The second kappa shape index (κ2) is 7.16. The lowest BCUT2D eigenvalue weighted by atomic mass is 10.2. The van der Waals surface area contributed by atoms with Crippen molar-refractivity contribution < 1.29 is 14.3 Å². The van der Waals surface area contributed by atoms with E-state index in [1.54, 1.807) is 13.2 Å². The zero-order chi connectivity index (χ0) is 15.2. The SMILES string of the molecule is COC(=O)c1cc(C#N)c(SCc2ccc(OC)cc2)s1. The van der Waals surface area contributed by atoms with E-state index in [1.807, 2.05) is 24.3 Å². The first-order valence-corrected chi connectivity index (χ1v) is 7.86. The summed E-state index contributed by atoms with van der Waals surface area (Å²) in [6.07, 6.45) is 0. The zero-order valence-electron chi connectivity index (χ0n) is 11.6. The second-order valence-electron chi connectivity index (χ2n) is 4.05. The van der Waals surface area contributed by atoms with Crippen LogP contribution in [0.15, 0.2) is 34.5 Å². The number of nitrogens with zero attached hydrogens (tertiary/aromatic N) is 1. The number of carbonyl (C=O) groups is 1. The highest BCUT2D eigenvalue weighted by molar-refractivity contribution is 8.00. The van der Waals surface area contributed by atoms with Gasteiger partial charge in [0.2, 0.25) is 0 Å². The van der Waals surface area contributed by atoms with E-state index in [2.05, 4.69) is 10.8 Å². The standard InChI is InChI=1S/C15H13NO3S2/c1-18-12-5-3-10(4-6-12)9-20-15-11(8-16)7-13(21-15)14(17)19-2/h3-7H,9H2,1-2H3. The lowest BCUT2D eigenvalue weighted by Crippen LogP contribution is -1.96. The minimum absolute atomic E-state index is 0.409. The van der Waals surface area contributed by atoms with Crippen molar-refractivity contribution in [2.45, 2.75) is 9.96 Å². The van der Waals surface area contributed by atoms with Crippen LogP contribution in [0.5, 0.6) is 5.75 Å². The van der Waals surface area contributed by atoms with Gasteiger partial charge in [-0.1, -0.05) is 12.1 Å². The van der Waals surface area contributed by atoms with E-state index in [4.69, 9.17) is 10.00 Å². The van der Waals surface area contributed by atoms with Gasteiger partial charge in [-0.25, -0.2) is 4.79 Å². The van der Waals surface area contributed by atoms with Gasteiger partial charge in [0.1, 0.15) is 16.7 Å². The number of methoxy groups -OCH3 is 2. The van der Waals surface area contributed by atoms with E-state index >= 15 is 0 Å². The third-order valence-electron chi connectivity index (χ3n) is 2.73. The molecule has 1 aromatic carbocycles. The number of hydrogen-bond donors (Lipinski definition) is 0. The van der Waals surface area contributed by atoms with Gasteiger partial charge in [0.15, 0.2) is 0 Å². The summed E-state index contributed by atoms with van der Waals surface area (Å²) in [6.45, 7) is 0. The molecule has 0 N–H and O–H groups in total. The predicted molar refractivity (Wildman–Crippen MR) is 82.9 cm³/mol. The van der Waals surface area contributed by atoms with Crippen LogP contribution in [0.25, 0.3) is 0 Å². The molecule has 1 aromatic heterocycles. The molecule has 2 aromatic rings. The predicted octanol–water partition coefficient (Wildman–Crippen LogP) is 3.71. The maximum absolute atomic E-state index is 11.5. The molecule has 0 unspecified atom stereocenters. The van der Waals surface area contributed by atoms with Crippen LogP contribution in [0.1, 0.15) is 20.8 Å². The number of rotatable bonds is 5.